The summed E-state index contributed by atoms with van der Waals surface area (Å²) in [6, 6.07) is 8.51. The average molecular weight is 301 g/mol. The summed E-state index contributed by atoms with van der Waals surface area (Å²) in [7, 11) is 0. The maximum atomic E-state index is 4.44. The Hall–Kier alpha value is -1.39. The molecule has 1 aromatic heterocycles. The zero-order valence-electron chi connectivity index (χ0n) is 13.0. The Labute approximate surface area is 131 Å². The standard InChI is InChI=1S/C17H23N3S/c1-13(2)8-18-9-15-10-19-17(20-11-15)12-21-16-6-4-5-14(3)7-16/h4-7,10-11,13,18H,8-9,12H2,1-3H3. The van der Waals surface area contributed by atoms with Crippen LogP contribution in [0.2, 0.25) is 0 Å². The molecule has 0 aliphatic carbocycles. The van der Waals surface area contributed by atoms with Gasteiger partial charge in [0.15, 0.2) is 0 Å². The van der Waals surface area contributed by atoms with Crippen LogP contribution in [0.25, 0.3) is 0 Å². The van der Waals surface area contributed by atoms with E-state index in [-0.39, 0.29) is 0 Å². The topological polar surface area (TPSA) is 37.8 Å². The van der Waals surface area contributed by atoms with Crippen molar-refractivity contribution < 1.29 is 0 Å². The molecule has 1 N–H and O–H groups in total. The number of rotatable bonds is 7. The van der Waals surface area contributed by atoms with Gasteiger partial charge >= 0.3 is 0 Å². The Bertz CT molecular complexity index is 552. The second kappa shape index (κ2) is 8.15. The van der Waals surface area contributed by atoms with Gasteiger partial charge in [-0.25, -0.2) is 9.97 Å². The zero-order valence-corrected chi connectivity index (χ0v) is 13.8. The van der Waals surface area contributed by atoms with Gasteiger partial charge in [-0.2, -0.15) is 0 Å². The SMILES string of the molecule is Cc1cccc(SCc2ncc(CNCC(C)C)cn2)c1. The molecule has 0 unspecified atom stereocenters. The lowest BCUT2D eigenvalue weighted by Gasteiger charge is -2.07. The first kappa shape index (κ1) is 16.0. The number of nitrogens with zero attached hydrogens (tertiary/aromatic N) is 2. The van der Waals surface area contributed by atoms with Crippen LogP contribution in [0.1, 0.15) is 30.8 Å². The third-order valence-electron chi connectivity index (χ3n) is 3.00. The molecule has 3 nitrogen and oxygen atoms in total. The van der Waals surface area contributed by atoms with Gasteiger partial charge < -0.3 is 5.32 Å². The summed E-state index contributed by atoms with van der Waals surface area (Å²) in [4.78, 5) is 10.1. The molecule has 0 bridgehead atoms. The van der Waals surface area contributed by atoms with E-state index in [0.29, 0.717) is 5.92 Å². The lowest BCUT2D eigenvalue weighted by molar-refractivity contribution is 0.551. The molecule has 0 fully saturated rings. The van der Waals surface area contributed by atoms with Crippen LogP contribution >= 0.6 is 11.8 Å². The molecule has 2 rings (SSSR count). The van der Waals surface area contributed by atoms with E-state index < -0.39 is 0 Å². The lowest BCUT2D eigenvalue weighted by Crippen LogP contribution is -2.19. The summed E-state index contributed by atoms with van der Waals surface area (Å²) >= 11 is 1.77. The van der Waals surface area contributed by atoms with Gasteiger partial charge in [-0.15, -0.1) is 11.8 Å². The number of thioether (sulfide) groups is 1. The first-order valence-electron chi connectivity index (χ1n) is 7.33. The van der Waals surface area contributed by atoms with Crippen LogP contribution in [0, 0.1) is 12.8 Å². The molecular weight excluding hydrogens is 278 g/mol. The van der Waals surface area contributed by atoms with Crippen molar-refractivity contribution in [1.82, 2.24) is 15.3 Å². The molecule has 0 aliphatic heterocycles. The molecule has 1 heterocycles. The number of benzene rings is 1. The minimum absolute atomic E-state index is 0.663. The van der Waals surface area contributed by atoms with Gasteiger partial charge in [0.1, 0.15) is 5.82 Å². The van der Waals surface area contributed by atoms with E-state index in [2.05, 4.69) is 60.3 Å². The van der Waals surface area contributed by atoms with Crippen molar-refractivity contribution in [3.8, 4) is 0 Å². The maximum absolute atomic E-state index is 4.44. The lowest BCUT2D eigenvalue weighted by atomic mass is 10.2. The highest BCUT2D eigenvalue weighted by molar-refractivity contribution is 7.98. The zero-order chi connectivity index (χ0) is 15.1. The minimum atomic E-state index is 0.663. The Morgan fingerprint density at radius 1 is 1.19 bits per heavy atom. The maximum Gasteiger partial charge on any atom is 0.138 e. The molecule has 21 heavy (non-hydrogen) atoms. The molecule has 0 radical (unpaired) electrons. The normalized spacial score (nSPS) is 11.0. The molecule has 0 atom stereocenters. The van der Waals surface area contributed by atoms with Gasteiger partial charge in [0.25, 0.3) is 0 Å². The van der Waals surface area contributed by atoms with Crippen molar-refractivity contribution in [2.75, 3.05) is 6.54 Å². The highest BCUT2D eigenvalue weighted by Gasteiger charge is 2.01. The molecule has 0 saturated heterocycles. The molecule has 2 aromatic rings. The second-order valence-corrected chi connectivity index (χ2v) is 6.69. The fraction of sp³-hybridized carbons (Fsp3) is 0.412. The Balaban J connectivity index is 1.82. The van der Waals surface area contributed by atoms with Gasteiger partial charge in [0.2, 0.25) is 0 Å². The molecule has 0 saturated carbocycles. The number of aryl methyl sites for hydroxylation is 1. The summed E-state index contributed by atoms with van der Waals surface area (Å²) in [5.41, 5.74) is 2.42. The van der Waals surface area contributed by atoms with Crippen LogP contribution in [0.15, 0.2) is 41.6 Å². The minimum Gasteiger partial charge on any atom is -0.312 e. The van der Waals surface area contributed by atoms with Gasteiger partial charge in [-0.05, 0) is 31.5 Å². The smallest absolute Gasteiger partial charge is 0.138 e. The van der Waals surface area contributed by atoms with Crippen molar-refractivity contribution in [2.24, 2.45) is 5.92 Å². The monoisotopic (exact) mass is 301 g/mol. The molecule has 0 amide bonds. The van der Waals surface area contributed by atoms with Crippen LogP contribution < -0.4 is 5.32 Å². The van der Waals surface area contributed by atoms with Crippen LogP contribution in [0.5, 0.6) is 0 Å². The van der Waals surface area contributed by atoms with Crippen molar-refractivity contribution in [1.29, 1.82) is 0 Å². The number of aromatic nitrogens is 2. The van der Waals surface area contributed by atoms with E-state index in [4.69, 9.17) is 0 Å². The second-order valence-electron chi connectivity index (χ2n) is 5.64. The molecule has 4 heteroatoms. The van der Waals surface area contributed by atoms with E-state index in [1.54, 1.807) is 11.8 Å². The van der Waals surface area contributed by atoms with Crippen molar-refractivity contribution in [2.45, 2.75) is 38.0 Å². The predicted molar refractivity (Wildman–Crippen MR) is 89.3 cm³/mol. The van der Waals surface area contributed by atoms with E-state index >= 15 is 0 Å². The quantitative estimate of drug-likeness (QED) is 0.789. The third-order valence-corrected chi connectivity index (χ3v) is 3.99. The Kier molecular flexibility index (Phi) is 6.21. The van der Waals surface area contributed by atoms with Crippen molar-refractivity contribution in [3.63, 3.8) is 0 Å². The summed E-state index contributed by atoms with van der Waals surface area (Å²) in [5, 5.41) is 3.40. The summed E-state index contributed by atoms with van der Waals surface area (Å²) in [5.74, 6) is 2.36. The average Bonchev–Trinajstić information content (AvgIpc) is 2.46. The molecule has 112 valence electrons. The summed E-state index contributed by atoms with van der Waals surface area (Å²) in [6.45, 7) is 8.37. The van der Waals surface area contributed by atoms with E-state index in [9.17, 15) is 0 Å². The largest absolute Gasteiger partial charge is 0.312 e. The fourth-order valence-corrected chi connectivity index (χ4v) is 2.79. The van der Waals surface area contributed by atoms with Crippen LogP contribution in [0.3, 0.4) is 0 Å². The highest BCUT2D eigenvalue weighted by Crippen LogP contribution is 2.21. The van der Waals surface area contributed by atoms with Gasteiger partial charge in [0, 0.05) is 29.4 Å². The van der Waals surface area contributed by atoms with Gasteiger partial charge in [-0.1, -0.05) is 31.5 Å². The Morgan fingerprint density at radius 2 is 1.95 bits per heavy atom. The predicted octanol–water partition coefficient (Wildman–Crippen LogP) is 3.82. The molecule has 1 aromatic carbocycles. The summed E-state index contributed by atoms with van der Waals surface area (Å²) in [6.07, 6.45) is 3.85. The first-order valence-corrected chi connectivity index (χ1v) is 8.32. The van der Waals surface area contributed by atoms with E-state index in [1.165, 1.54) is 10.5 Å². The summed E-state index contributed by atoms with van der Waals surface area (Å²) < 4.78 is 0. The fourth-order valence-electron chi connectivity index (χ4n) is 1.91. The number of hydrogen-bond acceptors (Lipinski definition) is 4. The molecular formula is C17H23N3S. The van der Waals surface area contributed by atoms with E-state index in [0.717, 1.165) is 30.2 Å². The third kappa shape index (κ3) is 5.86. The molecule has 0 spiro atoms. The van der Waals surface area contributed by atoms with Crippen LogP contribution in [-0.4, -0.2) is 16.5 Å². The highest BCUT2D eigenvalue weighted by atomic mass is 32.2. The first-order chi connectivity index (χ1) is 10.1. The van der Waals surface area contributed by atoms with Crippen LogP contribution in [0.4, 0.5) is 0 Å². The number of hydrogen-bond donors (Lipinski definition) is 1. The van der Waals surface area contributed by atoms with Crippen molar-refractivity contribution >= 4 is 11.8 Å². The Morgan fingerprint density at radius 3 is 2.62 bits per heavy atom. The van der Waals surface area contributed by atoms with Crippen LogP contribution in [-0.2, 0) is 12.3 Å². The van der Waals surface area contributed by atoms with E-state index in [1.807, 2.05) is 12.4 Å². The molecule has 0 aliphatic rings. The van der Waals surface area contributed by atoms with Gasteiger partial charge in [0.05, 0.1) is 5.75 Å². The number of nitrogens with one attached hydrogen (secondary N) is 1. The van der Waals surface area contributed by atoms with Gasteiger partial charge in [-0.3, -0.25) is 0 Å². The van der Waals surface area contributed by atoms with Crippen molar-refractivity contribution in [3.05, 3.63) is 53.6 Å².